The van der Waals surface area contributed by atoms with E-state index in [1.165, 1.54) is 23.1 Å². The predicted molar refractivity (Wildman–Crippen MR) is 65.0 cm³/mol. The maximum absolute atomic E-state index is 6.19. The first-order chi connectivity index (χ1) is 7.04. The van der Waals surface area contributed by atoms with Gasteiger partial charge in [0.25, 0.3) is 0 Å². The summed E-state index contributed by atoms with van der Waals surface area (Å²) in [5, 5.41) is 0. The molecular weight excluding hydrogens is 182 g/mol. The van der Waals surface area contributed by atoms with Gasteiger partial charge in [-0.3, -0.25) is 0 Å². The summed E-state index contributed by atoms with van der Waals surface area (Å²) >= 11 is 0. The fraction of sp³-hybridized carbons (Fsp3) is 0.571. The van der Waals surface area contributed by atoms with E-state index in [1.54, 1.807) is 0 Å². The van der Waals surface area contributed by atoms with Crippen molar-refractivity contribution >= 4 is 0 Å². The zero-order valence-electron chi connectivity index (χ0n) is 10.0. The van der Waals surface area contributed by atoms with E-state index in [1.807, 2.05) is 0 Å². The Kier molecular flexibility index (Phi) is 2.59. The van der Waals surface area contributed by atoms with Gasteiger partial charge in [-0.15, -0.1) is 0 Å². The van der Waals surface area contributed by atoms with Gasteiger partial charge in [0.15, 0.2) is 0 Å². The molecule has 0 saturated heterocycles. The molecule has 1 unspecified atom stereocenters. The molecule has 0 heterocycles. The summed E-state index contributed by atoms with van der Waals surface area (Å²) in [4.78, 5) is 0. The highest BCUT2D eigenvalue weighted by atomic mass is 14.6. The van der Waals surface area contributed by atoms with E-state index in [0.717, 1.165) is 12.8 Å². The molecular formula is C14H21N. The standard InChI is InChI=1S/C14H21N/c1-4-10-5-6-12-11(9-10)13(15)7-8-14(12,2)3/h5-6,9,13H,4,7-8,15H2,1-3H3. The predicted octanol–water partition coefficient (Wildman–Crippen LogP) is 3.32. The smallest absolute Gasteiger partial charge is 0.0298 e. The summed E-state index contributed by atoms with van der Waals surface area (Å²) in [6.07, 6.45) is 3.42. The second-order valence-electron chi connectivity index (χ2n) is 5.30. The molecule has 1 atom stereocenters. The summed E-state index contributed by atoms with van der Waals surface area (Å²) in [6, 6.07) is 7.09. The van der Waals surface area contributed by atoms with Gasteiger partial charge in [0.05, 0.1) is 0 Å². The van der Waals surface area contributed by atoms with Gasteiger partial charge in [-0.2, -0.15) is 0 Å². The third kappa shape index (κ3) is 1.81. The number of fused-ring (bicyclic) bond motifs is 1. The molecule has 0 bridgehead atoms. The molecule has 1 aliphatic carbocycles. The Labute approximate surface area is 92.7 Å². The van der Waals surface area contributed by atoms with Gasteiger partial charge >= 0.3 is 0 Å². The minimum Gasteiger partial charge on any atom is -0.324 e. The van der Waals surface area contributed by atoms with Crippen LogP contribution in [0.4, 0.5) is 0 Å². The Morgan fingerprint density at radius 1 is 1.40 bits per heavy atom. The monoisotopic (exact) mass is 203 g/mol. The Morgan fingerprint density at radius 3 is 2.80 bits per heavy atom. The molecule has 1 aromatic rings. The van der Waals surface area contributed by atoms with Crippen LogP contribution in [0.5, 0.6) is 0 Å². The van der Waals surface area contributed by atoms with Gasteiger partial charge in [-0.05, 0) is 41.4 Å². The van der Waals surface area contributed by atoms with Crippen LogP contribution in [0.2, 0.25) is 0 Å². The first-order valence-corrected chi connectivity index (χ1v) is 5.93. The molecule has 0 aliphatic heterocycles. The minimum absolute atomic E-state index is 0.250. The summed E-state index contributed by atoms with van der Waals surface area (Å²) in [5.74, 6) is 0. The van der Waals surface area contributed by atoms with E-state index < -0.39 is 0 Å². The molecule has 1 nitrogen and oxygen atoms in total. The normalized spacial score (nSPS) is 23.6. The van der Waals surface area contributed by atoms with Crippen molar-refractivity contribution in [2.24, 2.45) is 5.73 Å². The lowest BCUT2D eigenvalue weighted by atomic mass is 9.71. The van der Waals surface area contributed by atoms with Crippen LogP contribution in [0.1, 0.15) is 56.3 Å². The molecule has 1 heteroatoms. The molecule has 0 saturated carbocycles. The van der Waals surface area contributed by atoms with E-state index in [9.17, 15) is 0 Å². The van der Waals surface area contributed by atoms with Crippen molar-refractivity contribution in [1.82, 2.24) is 0 Å². The molecule has 15 heavy (non-hydrogen) atoms. The van der Waals surface area contributed by atoms with Crippen LogP contribution in [-0.4, -0.2) is 0 Å². The summed E-state index contributed by atoms with van der Waals surface area (Å²) in [6.45, 7) is 6.84. The van der Waals surface area contributed by atoms with E-state index >= 15 is 0 Å². The van der Waals surface area contributed by atoms with Gasteiger partial charge in [0.1, 0.15) is 0 Å². The van der Waals surface area contributed by atoms with E-state index in [0.29, 0.717) is 5.41 Å². The third-order valence-corrected chi connectivity index (χ3v) is 3.73. The second kappa shape index (κ2) is 3.64. The van der Waals surface area contributed by atoms with Crippen molar-refractivity contribution in [1.29, 1.82) is 0 Å². The van der Waals surface area contributed by atoms with Crippen molar-refractivity contribution < 1.29 is 0 Å². The van der Waals surface area contributed by atoms with Crippen LogP contribution in [0, 0.1) is 0 Å². The van der Waals surface area contributed by atoms with Gasteiger partial charge in [0, 0.05) is 6.04 Å². The van der Waals surface area contributed by atoms with Crippen molar-refractivity contribution in [3.05, 3.63) is 34.9 Å². The van der Waals surface area contributed by atoms with Crippen LogP contribution < -0.4 is 5.73 Å². The Hall–Kier alpha value is -0.820. The lowest BCUT2D eigenvalue weighted by Crippen LogP contribution is -2.29. The number of hydrogen-bond donors (Lipinski definition) is 1. The van der Waals surface area contributed by atoms with E-state index in [4.69, 9.17) is 5.73 Å². The quantitative estimate of drug-likeness (QED) is 0.744. The summed E-state index contributed by atoms with van der Waals surface area (Å²) < 4.78 is 0. The highest BCUT2D eigenvalue weighted by Gasteiger charge is 2.30. The maximum atomic E-state index is 6.19. The number of rotatable bonds is 1. The fourth-order valence-corrected chi connectivity index (χ4v) is 2.56. The van der Waals surface area contributed by atoms with Crippen molar-refractivity contribution in [3.63, 3.8) is 0 Å². The molecule has 2 N–H and O–H groups in total. The second-order valence-corrected chi connectivity index (χ2v) is 5.30. The molecule has 1 aliphatic rings. The van der Waals surface area contributed by atoms with E-state index in [2.05, 4.69) is 39.0 Å². The van der Waals surface area contributed by atoms with Crippen LogP contribution in [-0.2, 0) is 11.8 Å². The van der Waals surface area contributed by atoms with Gasteiger partial charge < -0.3 is 5.73 Å². The maximum Gasteiger partial charge on any atom is 0.0298 e. The molecule has 0 fully saturated rings. The molecule has 0 radical (unpaired) electrons. The van der Waals surface area contributed by atoms with Gasteiger partial charge in [0.2, 0.25) is 0 Å². The largest absolute Gasteiger partial charge is 0.324 e. The molecule has 82 valence electrons. The number of hydrogen-bond acceptors (Lipinski definition) is 1. The average molecular weight is 203 g/mol. The highest BCUT2D eigenvalue weighted by molar-refractivity contribution is 5.40. The Bertz CT molecular complexity index is 366. The topological polar surface area (TPSA) is 26.0 Å². The first-order valence-electron chi connectivity index (χ1n) is 5.93. The molecule has 0 aromatic heterocycles. The lowest BCUT2D eigenvalue weighted by Gasteiger charge is -2.36. The van der Waals surface area contributed by atoms with Crippen LogP contribution in [0.15, 0.2) is 18.2 Å². The zero-order valence-corrected chi connectivity index (χ0v) is 10.0. The van der Waals surface area contributed by atoms with Crippen LogP contribution >= 0.6 is 0 Å². The zero-order chi connectivity index (χ0) is 11.1. The average Bonchev–Trinajstić information content (AvgIpc) is 2.23. The molecule has 1 aromatic carbocycles. The van der Waals surface area contributed by atoms with Crippen LogP contribution in [0.3, 0.4) is 0 Å². The summed E-state index contributed by atoms with van der Waals surface area (Å²) in [5.41, 5.74) is 10.7. The van der Waals surface area contributed by atoms with Crippen molar-refractivity contribution in [3.8, 4) is 0 Å². The Morgan fingerprint density at radius 2 is 2.13 bits per heavy atom. The first kappa shape index (κ1) is 10.7. The Balaban J connectivity index is 2.52. The number of aryl methyl sites for hydroxylation is 1. The summed E-state index contributed by atoms with van der Waals surface area (Å²) in [7, 11) is 0. The fourth-order valence-electron chi connectivity index (χ4n) is 2.56. The number of nitrogens with two attached hydrogens (primary N) is 1. The minimum atomic E-state index is 0.250. The highest BCUT2D eigenvalue weighted by Crippen LogP contribution is 2.40. The van der Waals surface area contributed by atoms with E-state index in [-0.39, 0.29) is 6.04 Å². The molecule has 2 rings (SSSR count). The van der Waals surface area contributed by atoms with Crippen molar-refractivity contribution in [2.45, 2.75) is 51.5 Å². The molecule has 0 spiro atoms. The third-order valence-electron chi connectivity index (χ3n) is 3.73. The number of benzene rings is 1. The van der Waals surface area contributed by atoms with Gasteiger partial charge in [-0.25, -0.2) is 0 Å². The van der Waals surface area contributed by atoms with Gasteiger partial charge in [-0.1, -0.05) is 39.0 Å². The SMILES string of the molecule is CCc1ccc2c(c1)C(N)CCC2(C)C. The lowest BCUT2D eigenvalue weighted by molar-refractivity contribution is 0.395. The van der Waals surface area contributed by atoms with Crippen LogP contribution in [0.25, 0.3) is 0 Å². The molecule has 0 amide bonds. The van der Waals surface area contributed by atoms with Crippen molar-refractivity contribution in [2.75, 3.05) is 0 Å².